The van der Waals surface area contributed by atoms with Crippen LogP contribution in [-0.2, 0) is 10.2 Å². The van der Waals surface area contributed by atoms with Crippen molar-refractivity contribution in [1.29, 1.82) is 0 Å². The van der Waals surface area contributed by atoms with Crippen molar-refractivity contribution in [2.24, 2.45) is 11.8 Å². The van der Waals surface area contributed by atoms with Gasteiger partial charge in [0.05, 0.1) is 5.92 Å². The third kappa shape index (κ3) is 3.88. The molecule has 1 N–H and O–H groups in total. The van der Waals surface area contributed by atoms with Gasteiger partial charge in [-0.2, -0.15) is 30.2 Å². The van der Waals surface area contributed by atoms with Crippen LogP contribution < -0.4 is 0 Å². The Morgan fingerprint density at radius 2 is 1.38 bits per heavy atom. The lowest BCUT2D eigenvalue weighted by atomic mass is 9.98. The molecule has 2 saturated heterocycles. The summed E-state index contributed by atoms with van der Waals surface area (Å²) in [5, 5.41) is 9.05. The average molecular weight is 330 g/mol. The van der Waals surface area contributed by atoms with Gasteiger partial charge < -0.3 is 5.11 Å². The molecule has 2 heterocycles. The smallest absolute Gasteiger partial charge is 0.391 e. The van der Waals surface area contributed by atoms with Gasteiger partial charge in [0.25, 0.3) is 10.2 Å². The Bertz CT molecular complexity index is 439. The summed E-state index contributed by atoms with van der Waals surface area (Å²) in [6.45, 7) is 0.545. The van der Waals surface area contributed by atoms with Crippen molar-refractivity contribution in [2.75, 3.05) is 32.8 Å². The maximum atomic E-state index is 12.6. The molecule has 0 atom stereocenters. The molecule has 21 heavy (non-hydrogen) atoms. The van der Waals surface area contributed by atoms with E-state index in [2.05, 4.69) is 0 Å². The Morgan fingerprint density at radius 1 is 0.952 bits per heavy atom. The first-order valence-corrected chi connectivity index (χ1v) is 8.57. The standard InChI is InChI=1S/C12H21F3N2O3S/c13-12(14,15)11-3-7-17(8-4-11)21(19,20)16-5-1-10(9-18)2-6-16/h10-11,18H,1-9H2. The van der Waals surface area contributed by atoms with Crippen LogP contribution in [0.25, 0.3) is 0 Å². The lowest BCUT2D eigenvalue weighted by Gasteiger charge is -2.37. The second-order valence-corrected chi connectivity index (χ2v) is 7.68. The first kappa shape index (κ1) is 17.0. The highest BCUT2D eigenvalue weighted by Gasteiger charge is 2.44. The molecule has 2 fully saturated rings. The van der Waals surface area contributed by atoms with Gasteiger partial charge in [-0.1, -0.05) is 0 Å². The predicted molar refractivity (Wildman–Crippen MR) is 70.7 cm³/mol. The van der Waals surface area contributed by atoms with Crippen LogP contribution in [0.5, 0.6) is 0 Å². The molecule has 124 valence electrons. The van der Waals surface area contributed by atoms with Crippen molar-refractivity contribution in [3.8, 4) is 0 Å². The number of piperidine rings is 2. The van der Waals surface area contributed by atoms with Crippen LogP contribution in [0.15, 0.2) is 0 Å². The van der Waals surface area contributed by atoms with Crippen molar-refractivity contribution < 1.29 is 26.7 Å². The molecule has 0 bridgehead atoms. The van der Waals surface area contributed by atoms with E-state index in [0.717, 1.165) is 4.31 Å². The van der Waals surface area contributed by atoms with E-state index in [1.54, 1.807) is 0 Å². The van der Waals surface area contributed by atoms with E-state index in [1.165, 1.54) is 4.31 Å². The van der Waals surface area contributed by atoms with E-state index in [0.29, 0.717) is 25.9 Å². The molecule has 0 radical (unpaired) electrons. The molecule has 0 saturated carbocycles. The molecule has 2 rings (SSSR count). The highest BCUT2D eigenvalue weighted by molar-refractivity contribution is 7.86. The summed E-state index contributed by atoms with van der Waals surface area (Å²) in [4.78, 5) is 0. The van der Waals surface area contributed by atoms with E-state index in [4.69, 9.17) is 5.11 Å². The molecule has 0 unspecified atom stereocenters. The molecule has 5 nitrogen and oxygen atoms in total. The van der Waals surface area contributed by atoms with Gasteiger partial charge in [0.1, 0.15) is 0 Å². The summed E-state index contributed by atoms with van der Waals surface area (Å²) in [5.74, 6) is -1.28. The number of halogens is 3. The number of aliphatic hydroxyl groups is 1. The summed E-state index contributed by atoms with van der Waals surface area (Å²) < 4.78 is 65.1. The summed E-state index contributed by atoms with van der Waals surface area (Å²) >= 11 is 0. The van der Waals surface area contributed by atoms with Gasteiger partial charge in [-0.3, -0.25) is 0 Å². The van der Waals surface area contributed by atoms with E-state index in [-0.39, 0.29) is 38.5 Å². The van der Waals surface area contributed by atoms with Gasteiger partial charge >= 0.3 is 6.18 Å². The molecule has 2 aliphatic heterocycles. The molecule has 9 heteroatoms. The van der Waals surface area contributed by atoms with Crippen molar-refractivity contribution in [3.05, 3.63) is 0 Å². The van der Waals surface area contributed by atoms with Gasteiger partial charge in [0.2, 0.25) is 0 Å². The maximum absolute atomic E-state index is 12.6. The summed E-state index contributed by atoms with van der Waals surface area (Å²) in [6, 6.07) is 0. The van der Waals surface area contributed by atoms with Gasteiger partial charge in [-0.05, 0) is 31.6 Å². The summed E-state index contributed by atoms with van der Waals surface area (Å²) in [6.07, 6.45) is -3.40. The third-order valence-electron chi connectivity index (χ3n) is 4.40. The number of aliphatic hydroxyl groups excluding tert-OH is 1. The molecule has 0 spiro atoms. The van der Waals surface area contributed by atoms with E-state index in [1.807, 2.05) is 0 Å². The molecule has 0 aromatic carbocycles. The normalized spacial score (nSPS) is 25.3. The second kappa shape index (κ2) is 6.39. The summed E-state index contributed by atoms with van der Waals surface area (Å²) in [7, 11) is -3.67. The van der Waals surface area contributed by atoms with E-state index in [9.17, 15) is 21.6 Å². The highest BCUT2D eigenvalue weighted by Crippen LogP contribution is 2.35. The molecule has 0 aromatic heterocycles. The van der Waals surface area contributed by atoms with Crippen molar-refractivity contribution in [1.82, 2.24) is 8.61 Å². The van der Waals surface area contributed by atoms with Crippen LogP contribution >= 0.6 is 0 Å². The van der Waals surface area contributed by atoms with Crippen LogP contribution in [-0.4, -0.2) is 61.1 Å². The van der Waals surface area contributed by atoms with Gasteiger partial charge in [-0.15, -0.1) is 0 Å². The average Bonchev–Trinajstić information content (AvgIpc) is 2.46. The van der Waals surface area contributed by atoms with Crippen molar-refractivity contribution >= 4 is 10.2 Å². The fraction of sp³-hybridized carbons (Fsp3) is 1.00. The van der Waals surface area contributed by atoms with Gasteiger partial charge in [0.15, 0.2) is 0 Å². The Labute approximate surface area is 122 Å². The minimum absolute atomic E-state index is 0.0465. The van der Waals surface area contributed by atoms with E-state index >= 15 is 0 Å². The van der Waals surface area contributed by atoms with Gasteiger partial charge in [-0.25, -0.2) is 0 Å². The second-order valence-electron chi connectivity index (χ2n) is 5.75. The Kier molecular flexibility index (Phi) is 5.17. The number of hydrogen-bond donors (Lipinski definition) is 1. The van der Waals surface area contributed by atoms with Crippen LogP contribution in [0.4, 0.5) is 13.2 Å². The number of rotatable bonds is 3. The Hall–Kier alpha value is -0.380. The fourth-order valence-corrected chi connectivity index (χ4v) is 4.57. The highest BCUT2D eigenvalue weighted by atomic mass is 32.2. The molecule has 0 aliphatic carbocycles. The zero-order valence-corrected chi connectivity index (χ0v) is 12.5. The number of alkyl halides is 3. The zero-order valence-electron chi connectivity index (χ0n) is 11.7. The Morgan fingerprint density at radius 3 is 1.76 bits per heavy atom. The third-order valence-corrected chi connectivity index (χ3v) is 6.44. The quantitative estimate of drug-likeness (QED) is 0.846. The number of nitrogens with zero attached hydrogens (tertiary/aromatic N) is 2. The number of hydrogen-bond acceptors (Lipinski definition) is 3. The van der Waals surface area contributed by atoms with Crippen LogP contribution in [0, 0.1) is 11.8 Å². The summed E-state index contributed by atoms with van der Waals surface area (Å²) in [5.41, 5.74) is 0. The first-order valence-electron chi connectivity index (χ1n) is 7.18. The predicted octanol–water partition coefficient (Wildman–Crippen LogP) is 1.21. The van der Waals surface area contributed by atoms with Crippen LogP contribution in [0.3, 0.4) is 0 Å². The van der Waals surface area contributed by atoms with Crippen molar-refractivity contribution in [2.45, 2.75) is 31.9 Å². The molecule has 0 aromatic rings. The van der Waals surface area contributed by atoms with Crippen molar-refractivity contribution in [3.63, 3.8) is 0 Å². The monoisotopic (exact) mass is 330 g/mol. The fourth-order valence-electron chi connectivity index (χ4n) is 2.90. The van der Waals surface area contributed by atoms with Crippen LogP contribution in [0.1, 0.15) is 25.7 Å². The largest absolute Gasteiger partial charge is 0.396 e. The van der Waals surface area contributed by atoms with E-state index < -0.39 is 22.3 Å². The minimum Gasteiger partial charge on any atom is -0.396 e. The lowest BCUT2D eigenvalue weighted by molar-refractivity contribution is -0.182. The van der Waals surface area contributed by atoms with Crippen LogP contribution in [0.2, 0.25) is 0 Å². The topological polar surface area (TPSA) is 60.9 Å². The molecule has 2 aliphatic rings. The SMILES string of the molecule is O=S(=O)(N1CCC(CO)CC1)N1CCC(C(F)(F)F)CC1. The minimum atomic E-state index is -4.24. The lowest BCUT2D eigenvalue weighted by Crippen LogP contribution is -2.50. The molecular weight excluding hydrogens is 309 g/mol. The maximum Gasteiger partial charge on any atom is 0.391 e. The molecule has 0 amide bonds. The first-order chi connectivity index (χ1) is 9.75. The van der Waals surface area contributed by atoms with Gasteiger partial charge in [0, 0.05) is 32.8 Å². The zero-order chi connectivity index (χ0) is 15.7. The Balaban J connectivity index is 1.93. The molecular formula is C12H21F3N2O3S.